The highest BCUT2D eigenvalue weighted by Gasteiger charge is 2.37. The zero-order valence-electron chi connectivity index (χ0n) is 12.1. The lowest BCUT2D eigenvalue weighted by atomic mass is 10.0. The molecule has 0 N–H and O–H groups in total. The minimum atomic E-state index is -4.56. The number of aromatic nitrogens is 1. The van der Waals surface area contributed by atoms with E-state index in [1.54, 1.807) is 6.92 Å². The van der Waals surface area contributed by atoms with E-state index in [0.29, 0.717) is 13.2 Å². The summed E-state index contributed by atoms with van der Waals surface area (Å²) >= 11 is 0. The first-order valence-electron chi connectivity index (χ1n) is 6.59. The van der Waals surface area contributed by atoms with Crippen LogP contribution in [0.25, 0.3) is 0 Å². The third-order valence-corrected chi connectivity index (χ3v) is 3.32. The van der Waals surface area contributed by atoms with Gasteiger partial charge in [-0.2, -0.15) is 13.2 Å². The lowest BCUT2D eigenvalue weighted by Gasteiger charge is -2.42. The van der Waals surface area contributed by atoms with Crippen LogP contribution >= 0.6 is 0 Å². The van der Waals surface area contributed by atoms with Crippen LogP contribution in [0.2, 0.25) is 0 Å². The van der Waals surface area contributed by atoms with Gasteiger partial charge in [0.2, 0.25) is 0 Å². The molecule has 116 valence electrons. The Balaban J connectivity index is 2.27. The Bertz CT molecular complexity index is 543. The molecule has 4 nitrogen and oxygen atoms in total. The summed E-state index contributed by atoms with van der Waals surface area (Å²) in [5, 5.41) is 0. The van der Waals surface area contributed by atoms with Crippen LogP contribution in [0.15, 0.2) is 18.2 Å². The second-order valence-corrected chi connectivity index (χ2v) is 5.76. The molecule has 1 fully saturated rings. The molecule has 0 spiro atoms. The Morgan fingerprint density at radius 2 is 2.10 bits per heavy atom. The molecule has 1 aliphatic rings. The molecule has 1 aliphatic heterocycles. The van der Waals surface area contributed by atoms with Crippen molar-refractivity contribution in [3.63, 3.8) is 0 Å². The van der Waals surface area contributed by atoms with Crippen LogP contribution < -0.4 is 0 Å². The maximum absolute atomic E-state index is 12.7. The predicted octanol–water partition coefficient (Wildman–Crippen LogP) is 2.74. The summed E-state index contributed by atoms with van der Waals surface area (Å²) in [6.07, 6.45) is -4.56. The van der Waals surface area contributed by atoms with Gasteiger partial charge in [-0.3, -0.25) is 4.79 Å². The summed E-state index contributed by atoms with van der Waals surface area (Å²) < 4.78 is 43.6. The molecule has 2 heterocycles. The van der Waals surface area contributed by atoms with E-state index in [2.05, 4.69) is 4.98 Å². The first kappa shape index (κ1) is 15.8. The zero-order chi connectivity index (χ0) is 15.8. The number of hydrogen-bond donors (Lipinski definition) is 0. The lowest BCUT2D eigenvalue weighted by molar-refractivity contribution is -0.141. The molecule has 0 radical (unpaired) electrons. The van der Waals surface area contributed by atoms with Crippen LogP contribution in [0, 0.1) is 0 Å². The van der Waals surface area contributed by atoms with Crippen molar-refractivity contribution in [2.75, 3.05) is 13.2 Å². The molecule has 2 rings (SSSR count). The fourth-order valence-electron chi connectivity index (χ4n) is 2.18. The average molecular weight is 302 g/mol. The first-order chi connectivity index (χ1) is 9.60. The van der Waals surface area contributed by atoms with Crippen LogP contribution in [0.3, 0.4) is 0 Å². The summed E-state index contributed by atoms with van der Waals surface area (Å²) in [5.41, 5.74) is -1.79. The van der Waals surface area contributed by atoms with Gasteiger partial charge in [0.15, 0.2) is 0 Å². The number of rotatable bonds is 1. The largest absolute Gasteiger partial charge is 0.433 e. The zero-order valence-corrected chi connectivity index (χ0v) is 12.1. The lowest BCUT2D eigenvalue weighted by Crippen LogP contribution is -2.55. The van der Waals surface area contributed by atoms with Crippen molar-refractivity contribution < 1.29 is 22.7 Å². The second kappa shape index (κ2) is 5.29. The smallest absolute Gasteiger partial charge is 0.372 e. The van der Waals surface area contributed by atoms with E-state index >= 15 is 0 Å². The van der Waals surface area contributed by atoms with Gasteiger partial charge in [0.25, 0.3) is 5.91 Å². The number of amides is 1. The Morgan fingerprint density at radius 3 is 2.71 bits per heavy atom. The van der Waals surface area contributed by atoms with Gasteiger partial charge in [0.05, 0.1) is 18.2 Å². The number of carbonyl (C=O) groups excluding carboxylic acids is 1. The fraction of sp³-hybridized carbons (Fsp3) is 0.571. The standard InChI is InChI=1S/C14H17F3N2O2/c1-9-7-21-13(2,3)8-19(9)12(20)10-5-4-6-11(18-10)14(15,16)17/h4-6,9H,7-8H2,1-3H3/t9-/m0/s1. The summed E-state index contributed by atoms with van der Waals surface area (Å²) in [5.74, 6) is -0.509. The Kier molecular flexibility index (Phi) is 3.97. The number of hydrogen-bond acceptors (Lipinski definition) is 3. The molecule has 1 amide bonds. The molecule has 1 aromatic rings. The summed E-state index contributed by atoms with van der Waals surface area (Å²) in [7, 11) is 0. The highest BCUT2D eigenvalue weighted by Crippen LogP contribution is 2.28. The number of ether oxygens (including phenoxy) is 1. The molecule has 1 atom stereocenters. The minimum absolute atomic E-state index is 0.200. The van der Waals surface area contributed by atoms with Crippen molar-refractivity contribution in [3.8, 4) is 0 Å². The molecule has 0 unspecified atom stereocenters. The monoisotopic (exact) mass is 302 g/mol. The van der Waals surface area contributed by atoms with E-state index in [1.807, 2.05) is 13.8 Å². The van der Waals surface area contributed by atoms with E-state index in [-0.39, 0.29) is 11.7 Å². The molecule has 7 heteroatoms. The minimum Gasteiger partial charge on any atom is -0.372 e. The Labute approximate surface area is 120 Å². The molecule has 21 heavy (non-hydrogen) atoms. The van der Waals surface area contributed by atoms with Crippen molar-refractivity contribution in [2.24, 2.45) is 0 Å². The average Bonchev–Trinajstić information content (AvgIpc) is 2.40. The molecule has 0 bridgehead atoms. The van der Waals surface area contributed by atoms with E-state index in [9.17, 15) is 18.0 Å². The molecule has 0 aromatic carbocycles. The van der Waals surface area contributed by atoms with Crippen LogP contribution in [-0.4, -0.2) is 40.6 Å². The van der Waals surface area contributed by atoms with Gasteiger partial charge >= 0.3 is 6.18 Å². The molecule has 1 aromatic heterocycles. The van der Waals surface area contributed by atoms with Gasteiger partial charge in [-0.05, 0) is 32.9 Å². The number of morpholine rings is 1. The van der Waals surface area contributed by atoms with Crippen LogP contribution in [0.4, 0.5) is 13.2 Å². The molecule has 0 saturated carbocycles. The maximum atomic E-state index is 12.7. The van der Waals surface area contributed by atoms with Crippen LogP contribution in [-0.2, 0) is 10.9 Å². The predicted molar refractivity (Wildman–Crippen MR) is 69.8 cm³/mol. The van der Waals surface area contributed by atoms with Crippen LogP contribution in [0.5, 0.6) is 0 Å². The van der Waals surface area contributed by atoms with Crippen molar-refractivity contribution in [1.82, 2.24) is 9.88 Å². The highest BCUT2D eigenvalue weighted by atomic mass is 19.4. The third kappa shape index (κ3) is 3.53. The number of alkyl halides is 3. The number of halogens is 3. The van der Waals surface area contributed by atoms with E-state index in [4.69, 9.17) is 4.74 Å². The SMILES string of the molecule is C[C@H]1COC(C)(C)CN1C(=O)c1cccc(C(F)(F)F)n1. The molecule has 1 saturated heterocycles. The summed E-state index contributed by atoms with van der Waals surface area (Å²) in [6, 6.07) is 3.14. The van der Waals surface area contributed by atoms with Gasteiger partial charge in [0, 0.05) is 6.54 Å². The van der Waals surface area contributed by atoms with Gasteiger partial charge in [-0.1, -0.05) is 6.07 Å². The van der Waals surface area contributed by atoms with E-state index in [1.165, 1.54) is 17.0 Å². The second-order valence-electron chi connectivity index (χ2n) is 5.76. The number of carbonyl (C=O) groups is 1. The van der Waals surface area contributed by atoms with Gasteiger partial charge < -0.3 is 9.64 Å². The number of pyridine rings is 1. The van der Waals surface area contributed by atoms with Crippen molar-refractivity contribution in [3.05, 3.63) is 29.6 Å². The molecule has 0 aliphatic carbocycles. The highest BCUT2D eigenvalue weighted by molar-refractivity contribution is 5.92. The first-order valence-corrected chi connectivity index (χ1v) is 6.59. The maximum Gasteiger partial charge on any atom is 0.433 e. The Morgan fingerprint density at radius 1 is 1.43 bits per heavy atom. The third-order valence-electron chi connectivity index (χ3n) is 3.32. The quantitative estimate of drug-likeness (QED) is 0.801. The van der Waals surface area contributed by atoms with Crippen LogP contribution in [0.1, 0.15) is 37.0 Å². The van der Waals surface area contributed by atoms with Crippen molar-refractivity contribution >= 4 is 5.91 Å². The van der Waals surface area contributed by atoms with Crippen molar-refractivity contribution in [2.45, 2.75) is 38.6 Å². The summed E-state index contributed by atoms with van der Waals surface area (Å²) in [4.78, 5) is 17.4. The van der Waals surface area contributed by atoms with E-state index in [0.717, 1.165) is 6.07 Å². The van der Waals surface area contributed by atoms with Gasteiger partial charge in [-0.15, -0.1) is 0 Å². The molecular weight excluding hydrogens is 285 g/mol. The summed E-state index contributed by atoms with van der Waals surface area (Å²) in [6.45, 7) is 6.11. The topological polar surface area (TPSA) is 42.4 Å². The fourth-order valence-corrected chi connectivity index (χ4v) is 2.18. The Hall–Kier alpha value is -1.63. The number of nitrogens with zero attached hydrogens (tertiary/aromatic N) is 2. The van der Waals surface area contributed by atoms with Crippen molar-refractivity contribution in [1.29, 1.82) is 0 Å². The molecular formula is C14H17F3N2O2. The van der Waals surface area contributed by atoms with Gasteiger partial charge in [-0.25, -0.2) is 4.98 Å². The van der Waals surface area contributed by atoms with E-state index < -0.39 is 23.4 Å². The normalized spacial score (nSPS) is 22.2. The van der Waals surface area contributed by atoms with Gasteiger partial charge in [0.1, 0.15) is 11.4 Å².